The van der Waals surface area contributed by atoms with Crippen LogP contribution in [0.1, 0.15) is 17.2 Å². The van der Waals surface area contributed by atoms with E-state index in [-0.39, 0.29) is 11.9 Å². The number of ether oxygens (including phenoxy) is 1. The molecule has 0 aliphatic rings. The minimum Gasteiger partial charge on any atom is -0.496 e. The molecule has 0 saturated carbocycles. The predicted octanol–water partition coefficient (Wildman–Crippen LogP) is 4.11. The molecule has 3 N–H and O–H groups in total. The molecule has 1 atom stereocenters. The summed E-state index contributed by atoms with van der Waals surface area (Å²) in [5, 5.41) is 0. The van der Waals surface area contributed by atoms with Gasteiger partial charge in [0.1, 0.15) is 11.6 Å². The molecule has 2 aromatic carbocycles. The van der Waals surface area contributed by atoms with Gasteiger partial charge in [0.05, 0.1) is 13.2 Å². The Balaban J connectivity index is 2.35. The maximum absolute atomic E-state index is 14.0. The monoisotopic (exact) mass is 416 g/mol. The van der Waals surface area contributed by atoms with E-state index >= 15 is 0 Å². The molecule has 3 nitrogen and oxygen atoms in total. The molecule has 0 aliphatic carbocycles. The van der Waals surface area contributed by atoms with Crippen LogP contribution in [0.25, 0.3) is 0 Å². The van der Waals surface area contributed by atoms with Crippen molar-refractivity contribution in [3.63, 3.8) is 0 Å². The molecule has 2 rings (SSSR count). The Morgan fingerprint density at radius 2 is 1.86 bits per heavy atom. The number of halogens is 3. The van der Waals surface area contributed by atoms with Gasteiger partial charge in [-0.25, -0.2) is 4.39 Å². The molecule has 0 aromatic heterocycles. The molecule has 6 heteroatoms. The highest BCUT2D eigenvalue weighted by Gasteiger charge is 2.17. The SMILES string of the molecule is COc1ccc(Br)cc1CC(NN)c1cc(Br)ccc1F. The average Bonchev–Trinajstić information content (AvgIpc) is 2.47. The molecule has 0 radical (unpaired) electrons. The Kier molecular flexibility index (Phi) is 5.75. The van der Waals surface area contributed by atoms with Crippen LogP contribution >= 0.6 is 31.9 Å². The lowest BCUT2D eigenvalue weighted by Crippen LogP contribution is -2.30. The summed E-state index contributed by atoms with van der Waals surface area (Å²) in [7, 11) is 1.61. The highest BCUT2D eigenvalue weighted by molar-refractivity contribution is 9.10. The van der Waals surface area contributed by atoms with E-state index < -0.39 is 0 Å². The van der Waals surface area contributed by atoms with Crippen molar-refractivity contribution in [3.8, 4) is 5.75 Å². The lowest BCUT2D eigenvalue weighted by atomic mass is 9.98. The fourth-order valence-electron chi connectivity index (χ4n) is 2.17. The molecule has 112 valence electrons. The van der Waals surface area contributed by atoms with Gasteiger partial charge < -0.3 is 4.74 Å². The number of hydrogen-bond donors (Lipinski definition) is 2. The zero-order chi connectivity index (χ0) is 15.4. The van der Waals surface area contributed by atoms with Crippen LogP contribution in [-0.4, -0.2) is 7.11 Å². The van der Waals surface area contributed by atoms with E-state index in [1.807, 2.05) is 18.2 Å². The van der Waals surface area contributed by atoms with Gasteiger partial charge in [-0.1, -0.05) is 31.9 Å². The van der Waals surface area contributed by atoms with Gasteiger partial charge >= 0.3 is 0 Å². The Morgan fingerprint density at radius 1 is 1.19 bits per heavy atom. The first-order chi connectivity index (χ1) is 10.0. The van der Waals surface area contributed by atoms with Crippen molar-refractivity contribution in [2.24, 2.45) is 5.84 Å². The third-order valence-electron chi connectivity index (χ3n) is 3.20. The first-order valence-electron chi connectivity index (χ1n) is 6.28. The summed E-state index contributed by atoms with van der Waals surface area (Å²) in [4.78, 5) is 0. The Hall–Kier alpha value is -0.950. The van der Waals surface area contributed by atoms with E-state index in [1.54, 1.807) is 19.2 Å². The minimum atomic E-state index is -0.356. The van der Waals surface area contributed by atoms with Crippen molar-refractivity contribution in [1.82, 2.24) is 5.43 Å². The molecule has 0 aliphatic heterocycles. The first-order valence-corrected chi connectivity index (χ1v) is 7.87. The second-order valence-corrected chi connectivity index (χ2v) is 6.38. The van der Waals surface area contributed by atoms with Crippen LogP contribution in [0.5, 0.6) is 5.75 Å². The molecule has 2 aromatic rings. The summed E-state index contributed by atoms with van der Waals surface area (Å²) in [6.45, 7) is 0. The van der Waals surface area contributed by atoms with Crippen molar-refractivity contribution >= 4 is 31.9 Å². The van der Waals surface area contributed by atoms with E-state index in [4.69, 9.17) is 10.6 Å². The van der Waals surface area contributed by atoms with Crippen molar-refractivity contribution in [3.05, 3.63) is 62.3 Å². The molecule has 0 bridgehead atoms. The van der Waals surface area contributed by atoms with Crippen LogP contribution in [0, 0.1) is 5.82 Å². The Bertz CT molecular complexity index is 637. The topological polar surface area (TPSA) is 47.3 Å². The minimum absolute atomic E-state index is 0.296. The van der Waals surface area contributed by atoms with Gasteiger partial charge in [-0.15, -0.1) is 0 Å². The molecular weight excluding hydrogens is 403 g/mol. The fraction of sp³-hybridized carbons (Fsp3) is 0.200. The summed E-state index contributed by atoms with van der Waals surface area (Å²) < 4.78 is 21.1. The zero-order valence-electron chi connectivity index (χ0n) is 11.4. The first kappa shape index (κ1) is 16.4. The number of hydrazine groups is 1. The summed E-state index contributed by atoms with van der Waals surface area (Å²) in [6.07, 6.45) is 0.506. The number of rotatable bonds is 5. The summed E-state index contributed by atoms with van der Waals surface area (Å²) in [6, 6.07) is 10.2. The standard InChI is InChI=1S/C15H15Br2FN2O/c1-21-15-5-3-10(16)6-9(15)7-14(20-19)12-8-11(17)2-4-13(12)18/h2-6,8,14,20H,7,19H2,1H3. The molecular formula is C15H15Br2FN2O. The lowest BCUT2D eigenvalue weighted by Gasteiger charge is -2.19. The second-order valence-electron chi connectivity index (χ2n) is 4.55. The molecule has 0 saturated heterocycles. The van der Waals surface area contributed by atoms with E-state index in [2.05, 4.69) is 37.3 Å². The van der Waals surface area contributed by atoms with E-state index in [0.717, 1.165) is 20.3 Å². The van der Waals surface area contributed by atoms with Crippen molar-refractivity contribution < 1.29 is 9.13 Å². The number of benzene rings is 2. The highest BCUT2D eigenvalue weighted by Crippen LogP contribution is 2.29. The van der Waals surface area contributed by atoms with Gasteiger partial charge in [0.2, 0.25) is 0 Å². The number of methoxy groups -OCH3 is 1. The quantitative estimate of drug-likeness (QED) is 0.568. The molecule has 21 heavy (non-hydrogen) atoms. The highest BCUT2D eigenvalue weighted by atomic mass is 79.9. The predicted molar refractivity (Wildman–Crippen MR) is 88.6 cm³/mol. The third-order valence-corrected chi connectivity index (χ3v) is 4.19. The zero-order valence-corrected chi connectivity index (χ0v) is 14.5. The van der Waals surface area contributed by atoms with Crippen LogP contribution in [-0.2, 0) is 6.42 Å². The van der Waals surface area contributed by atoms with Crippen LogP contribution in [0.15, 0.2) is 45.3 Å². The second kappa shape index (κ2) is 7.35. The normalized spacial score (nSPS) is 12.2. The van der Waals surface area contributed by atoms with E-state index in [1.165, 1.54) is 6.07 Å². The van der Waals surface area contributed by atoms with Gasteiger partial charge in [-0.2, -0.15) is 0 Å². The Labute approximate surface area is 139 Å². The van der Waals surface area contributed by atoms with E-state index in [9.17, 15) is 4.39 Å². The van der Waals surface area contributed by atoms with Crippen molar-refractivity contribution in [2.45, 2.75) is 12.5 Å². The number of hydrogen-bond acceptors (Lipinski definition) is 3. The average molecular weight is 418 g/mol. The third kappa shape index (κ3) is 4.03. The molecule has 0 amide bonds. The van der Waals surface area contributed by atoms with Gasteiger partial charge in [0, 0.05) is 14.5 Å². The molecule has 0 spiro atoms. The molecule has 0 fully saturated rings. The van der Waals surface area contributed by atoms with Crippen LogP contribution in [0.4, 0.5) is 4.39 Å². The fourth-order valence-corrected chi connectivity index (χ4v) is 2.95. The van der Waals surface area contributed by atoms with E-state index in [0.29, 0.717) is 12.0 Å². The van der Waals surface area contributed by atoms with Gasteiger partial charge in [0.25, 0.3) is 0 Å². The van der Waals surface area contributed by atoms with Gasteiger partial charge in [-0.05, 0) is 48.4 Å². The smallest absolute Gasteiger partial charge is 0.128 e. The maximum atomic E-state index is 14.0. The summed E-state index contributed by atoms with van der Waals surface area (Å²) in [5.41, 5.74) is 4.12. The number of nitrogens with two attached hydrogens (primary N) is 1. The summed E-state index contributed by atoms with van der Waals surface area (Å²) >= 11 is 6.78. The van der Waals surface area contributed by atoms with Gasteiger partial charge in [-0.3, -0.25) is 11.3 Å². The molecule has 1 unspecified atom stereocenters. The molecule has 0 heterocycles. The maximum Gasteiger partial charge on any atom is 0.128 e. The van der Waals surface area contributed by atoms with Gasteiger partial charge in [0.15, 0.2) is 0 Å². The number of nitrogens with one attached hydrogen (secondary N) is 1. The van der Waals surface area contributed by atoms with Crippen LogP contribution < -0.4 is 16.0 Å². The summed E-state index contributed by atoms with van der Waals surface area (Å²) in [5.74, 6) is 6.06. The van der Waals surface area contributed by atoms with Crippen LogP contribution in [0.2, 0.25) is 0 Å². The lowest BCUT2D eigenvalue weighted by molar-refractivity contribution is 0.404. The van der Waals surface area contributed by atoms with Crippen LogP contribution in [0.3, 0.4) is 0 Å². The van der Waals surface area contributed by atoms with Crippen molar-refractivity contribution in [1.29, 1.82) is 0 Å². The van der Waals surface area contributed by atoms with Crippen molar-refractivity contribution in [2.75, 3.05) is 7.11 Å². The largest absolute Gasteiger partial charge is 0.496 e. The Morgan fingerprint density at radius 3 is 2.52 bits per heavy atom.